The lowest BCUT2D eigenvalue weighted by atomic mass is 9.96. The second kappa shape index (κ2) is 7.58. The van der Waals surface area contributed by atoms with Crippen molar-refractivity contribution in [3.05, 3.63) is 35.6 Å². The van der Waals surface area contributed by atoms with Gasteiger partial charge in [0.2, 0.25) is 0 Å². The number of rotatable bonds is 3. The van der Waals surface area contributed by atoms with Crippen molar-refractivity contribution < 1.29 is 18.7 Å². The Morgan fingerprint density at radius 3 is 2.61 bits per heavy atom. The first-order chi connectivity index (χ1) is 8.70. The third kappa shape index (κ3) is 3.95. The van der Waals surface area contributed by atoms with E-state index in [0.29, 0.717) is 25.1 Å². The van der Waals surface area contributed by atoms with Gasteiger partial charge in [0.05, 0.1) is 6.61 Å². The molecule has 4 heteroatoms. The van der Waals surface area contributed by atoms with Gasteiger partial charge in [-0.3, -0.25) is 9.59 Å². The first-order valence-electron chi connectivity index (χ1n) is 6.03. The maximum atomic E-state index is 13.3. The van der Waals surface area contributed by atoms with E-state index in [4.69, 9.17) is 0 Å². The van der Waals surface area contributed by atoms with Crippen LogP contribution < -0.4 is 0 Å². The highest BCUT2D eigenvalue weighted by Crippen LogP contribution is 2.32. The molecule has 0 saturated heterocycles. The highest BCUT2D eigenvalue weighted by Gasteiger charge is 2.27. The average Bonchev–Trinajstić information content (AvgIpc) is 2.78. The van der Waals surface area contributed by atoms with E-state index in [-0.39, 0.29) is 17.5 Å². The van der Waals surface area contributed by atoms with Crippen molar-refractivity contribution in [1.82, 2.24) is 0 Å². The third-order valence-electron chi connectivity index (χ3n) is 2.82. The molecule has 1 aromatic carbocycles. The number of hydrogen-bond donors (Lipinski definition) is 0. The molecule has 1 aliphatic carbocycles. The highest BCUT2D eigenvalue weighted by atomic mass is 19.1. The molecule has 18 heavy (non-hydrogen) atoms. The van der Waals surface area contributed by atoms with Crippen LogP contribution in [0.3, 0.4) is 0 Å². The molecule has 1 unspecified atom stereocenters. The van der Waals surface area contributed by atoms with Crippen molar-refractivity contribution >= 4 is 12.3 Å². The molecule has 1 atom stereocenters. The Kier molecular flexibility index (Phi) is 6.05. The Hall–Kier alpha value is -1.71. The molecule has 1 aliphatic rings. The number of Topliss-reactive ketones (excluding diaryl/α,β-unsaturated/α-hetero) is 1. The fourth-order valence-electron chi connectivity index (χ4n) is 1.97. The first kappa shape index (κ1) is 14.4. The molecule has 1 fully saturated rings. The van der Waals surface area contributed by atoms with E-state index in [9.17, 15) is 14.0 Å². The Morgan fingerprint density at radius 1 is 1.44 bits per heavy atom. The smallest absolute Gasteiger partial charge is 0.293 e. The van der Waals surface area contributed by atoms with E-state index in [1.807, 2.05) is 0 Å². The van der Waals surface area contributed by atoms with Crippen LogP contribution in [0.4, 0.5) is 4.39 Å². The van der Waals surface area contributed by atoms with Crippen LogP contribution in [0.25, 0.3) is 0 Å². The van der Waals surface area contributed by atoms with Gasteiger partial charge in [0.25, 0.3) is 6.47 Å². The molecular formula is C14H17FO3. The predicted molar refractivity (Wildman–Crippen MR) is 65.7 cm³/mol. The molecule has 0 spiro atoms. The molecule has 0 amide bonds. The lowest BCUT2D eigenvalue weighted by molar-refractivity contribution is -0.128. The number of benzene rings is 1. The molecule has 1 saturated carbocycles. The van der Waals surface area contributed by atoms with Crippen molar-refractivity contribution in [2.75, 3.05) is 6.61 Å². The quantitative estimate of drug-likeness (QED) is 0.777. The second-order valence-corrected chi connectivity index (χ2v) is 3.98. The van der Waals surface area contributed by atoms with Crippen LogP contribution in [0.5, 0.6) is 0 Å². The summed E-state index contributed by atoms with van der Waals surface area (Å²) in [6.45, 7) is 2.66. The van der Waals surface area contributed by atoms with E-state index in [1.165, 1.54) is 6.07 Å². The fraction of sp³-hybridized carbons (Fsp3) is 0.429. The SMILES string of the molecule is CCOC=O.O=C1CCCC1c1ccccc1F. The third-order valence-corrected chi connectivity index (χ3v) is 2.82. The van der Waals surface area contributed by atoms with Gasteiger partial charge in [-0.2, -0.15) is 0 Å². The number of hydrogen-bond acceptors (Lipinski definition) is 3. The van der Waals surface area contributed by atoms with Crippen molar-refractivity contribution in [3.8, 4) is 0 Å². The summed E-state index contributed by atoms with van der Waals surface area (Å²) in [4.78, 5) is 20.5. The van der Waals surface area contributed by atoms with E-state index in [1.54, 1.807) is 25.1 Å². The minimum absolute atomic E-state index is 0.179. The van der Waals surface area contributed by atoms with Crippen molar-refractivity contribution in [2.24, 2.45) is 0 Å². The summed E-state index contributed by atoms with van der Waals surface area (Å²) < 4.78 is 17.4. The van der Waals surface area contributed by atoms with Crippen molar-refractivity contribution in [3.63, 3.8) is 0 Å². The Morgan fingerprint density at radius 2 is 2.17 bits per heavy atom. The van der Waals surface area contributed by atoms with Crippen molar-refractivity contribution in [1.29, 1.82) is 0 Å². The number of carbonyl (C=O) groups excluding carboxylic acids is 2. The van der Waals surface area contributed by atoms with E-state index < -0.39 is 0 Å². The van der Waals surface area contributed by atoms with Crippen LogP contribution in [0.15, 0.2) is 24.3 Å². The van der Waals surface area contributed by atoms with Crippen LogP contribution in [0, 0.1) is 5.82 Å². The van der Waals surface area contributed by atoms with Crippen LogP contribution in [0.2, 0.25) is 0 Å². The summed E-state index contributed by atoms with van der Waals surface area (Å²) in [5.41, 5.74) is 0.574. The molecule has 1 aromatic rings. The van der Waals surface area contributed by atoms with Crippen LogP contribution in [0.1, 0.15) is 37.7 Å². The lowest BCUT2D eigenvalue weighted by Gasteiger charge is -2.08. The molecule has 3 nitrogen and oxygen atoms in total. The summed E-state index contributed by atoms with van der Waals surface area (Å²) in [5, 5.41) is 0. The minimum Gasteiger partial charge on any atom is -0.468 e. The molecule has 0 aromatic heterocycles. The van der Waals surface area contributed by atoms with Crippen LogP contribution in [-0.4, -0.2) is 18.9 Å². The van der Waals surface area contributed by atoms with Gasteiger partial charge >= 0.3 is 0 Å². The normalized spacial score (nSPS) is 17.9. The Balaban J connectivity index is 0.000000280. The van der Waals surface area contributed by atoms with Gasteiger partial charge in [-0.1, -0.05) is 18.2 Å². The maximum Gasteiger partial charge on any atom is 0.293 e. The van der Waals surface area contributed by atoms with E-state index >= 15 is 0 Å². The lowest BCUT2D eigenvalue weighted by Crippen LogP contribution is -2.05. The molecule has 0 bridgehead atoms. The molecule has 2 rings (SSSR count). The zero-order valence-electron chi connectivity index (χ0n) is 10.4. The average molecular weight is 252 g/mol. The van der Waals surface area contributed by atoms with Gasteiger partial charge in [0.1, 0.15) is 11.6 Å². The number of ketones is 1. The van der Waals surface area contributed by atoms with E-state index in [2.05, 4.69) is 4.74 Å². The molecule has 98 valence electrons. The summed E-state index contributed by atoms with van der Waals surface area (Å²) in [6.07, 6.45) is 2.32. The van der Waals surface area contributed by atoms with Gasteiger partial charge in [-0.25, -0.2) is 4.39 Å². The zero-order chi connectivity index (χ0) is 13.4. The van der Waals surface area contributed by atoms with E-state index in [0.717, 1.165) is 12.8 Å². The summed E-state index contributed by atoms with van der Waals surface area (Å²) >= 11 is 0. The summed E-state index contributed by atoms with van der Waals surface area (Å²) in [7, 11) is 0. The van der Waals surface area contributed by atoms with Crippen molar-refractivity contribution in [2.45, 2.75) is 32.1 Å². The predicted octanol–water partition coefficient (Wildman–Crippen LogP) is 2.84. The van der Waals surface area contributed by atoms with Gasteiger partial charge in [-0.05, 0) is 31.4 Å². The number of halogens is 1. The van der Waals surface area contributed by atoms with Crippen LogP contribution >= 0.6 is 0 Å². The summed E-state index contributed by atoms with van der Waals surface area (Å²) in [6, 6.07) is 6.56. The minimum atomic E-state index is -0.247. The van der Waals surface area contributed by atoms with Gasteiger partial charge in [0, 0.05) is 12.3 Å². The Labute approximate surface area is 106 Å². The Bertz CT molecular complexity index is 404. The topological polar surface area (TPSA) is 43.4 Å². The zero-order valence-corrected chi connectivity index (χ0v) is 10.4. The second-order valence-electron chi connectivity index (χ2n) is 3.98. The summed E-state index contributed by atoms with van der Waals surface area (Å²) in [5.74, 6) is -0.242. The van der Waals surface area contributed by atoms with Gasteiger partial charge < -0.3 is 4.74 Å². The number of ether oxygens (including phenoxy) is 1. The van der Waals surface area contributed by atoms with Gasteiger partial charge in [-0.15, -0.1) is 0 Å². The molecule has 0 heterocycles. The largest absolute Gasteiger partial charge is 0.468 e. The standard InChI is InChI=1S/C11H11FO.C3H6O2/c12-10-6-2-1-4-8(10)9-5-3-7-11(9)13;1-2-5-3-4/h1-2,4,6,9H,3,5,7H2;3H,2H2,1H3. The fourth-order valence-corrected chi connectivity index (χ4v) is 1.97. The molecule has 0 N–H and O–H groups in total. The van der Waals surface area contributed by atoms with Crippen LogP contribution in [-0.2, 0) is 14.3 Å². The highest BCUT2D eigenvalue weighted by molar-refractivity contribution is 5.87. The molecule has 0 radical (unpaired) electrons. The number of carbonyl (C=O) groups is 2. The maximum absolute atomic E-state index is 13.3. The monoisotopic (exact) mass is 252 g/mol. The van der Waals surface area contributed by atoms with Gasteiger partial charge in [0.15, 0.2) is 0 Å². The first-order valence-corrected chi connectivity index (χ1v) is 6.03. The molecular weight excluding hydrogens is 235 g/mol. The molecule has 0 aliphatic heterocycles.